The van der Waals surface area contributed by atoms with Crippen LogP contribution in [0.1, 0.15) is 88.2 Å². The average molecular weight is 779 g/mol. The molecule has 7 rings (SSSR count). The number of fused-ring (bicyclic) bond motifs is 4. The number of nitrogens with zero attached hydrogens (tertiary/aromatic N) is 4. The number of amides is 4. The first-order chi connectivity index (χ1) is 27.4. The predicted molar refractivity (Wildman–Crippen MR) is 211 cm³/mol. The Bertz CT molecular complexity index is 2430. The second kappa shape index (κ2) is 16.1. The van der Waals surface area contributed by atoms with E-state index in [4.69, 9.17) is 14.5 Å². The molecular weight excluding hydrogens is 732 g/mol. The van der Waals surface area contributed by atoms with Gasteiger partial charge in [-0.15, -0.1) is 0 Å². The van der Waals surface area contributed by atoms with Crippen molar-refractivity contribution in [2.24, 2.45) is 11.8 Å². The number of hydrogen-bond donors (Lipinski definition) is 4. The summed E-state index contributed by atoms with van der Waals surface area (Å²) in [5, 5.41) is 7.17. The van der Waals surface area contributed by atoms with Gasteiger partial charge in [0.15, 0.2) is 5.82 Å². The molecule has 0 aliphatic carbocycles. The zero-order valence-corrected chi connectivity index (χ0v) is 32.9. The molecule has 0 unspecified atom stereocenters. The van der Waals surface area contributed by atoms with Gasteiger partial charge in [0.1, 0.15) is 29.2 Å². The lowest BCUT2D eigenvalue weighted by atomic mass is 10.0. The number of hydrogen-bond acceptors (Lipinski definition) is 8. The lowest BCUT2D eigenvalue weighted by Gasteiger charge is -2.29. The molecular formula is C42H47FN8O6. The second-order valence-corrected chi connectivity index (χ2v) is 15.3. The number of ether oxygens (including phenoxy) is 2. The number of imidazole rings is 2. The van der Waals surface area contributed by atoms with Gasteiger partial charge in [-0.05, 0) is 73.2 Å². The summed E-state index contributed by atoms with van der Waals surface area (Å²) in [4.78, 5) is 70.9. The maximum absolute atomic E-state index is 15.5. The van der Waals surface area contributed by atoms with Gasteiger partial charge in [-0.25, -0.2) is 23.9 Å². The van der Waals surface area contributed by atoms with Gasteiger partial charge in [0.25, 0.3) is 0 Å². The van der Waals surface area contributed by atoms with Crippen LogP contribution in [0.2, 0.25) is 0 Å². The number of nitrogens with one attached hydrogen (secondary N) is 4. The zero-order chi connectivity index (χ0) is 40.5. The Morgan fingerprint density at radius 3 is 1.84 bits per heavy atom. The SMILES string of the molecule is COC(=O)N[C@H](C(=O)N1CCC[C@H]1c1nc2c(F)cc(C#Cc3ccc4c(ccc5[nH]c([C@@H]6CCCN6C(=O)[C@@H](NC(=O)OC)C(C)C)nc54)c3)cc2[nH]1)C(C)C. The molecule has 0 spiro atoms. The summed E-state index contributed by atoms with van der Waals surface area (Å²) >= 11 is 0. The van der Waals surface area contributed by atoms with Gasteiger partial charge in [0.2, 0.25) is 11.8 Å². The number of rotatable bonds is 8. The van der Waals surface area contributed by atoms with Gasteiger partial charge >= 0.3 is 12.2 Å². The van der Waals surface area contributed by atoms with Crippen LogP contribution in [0.3, 0.4) is 0 Å². The topological polar surface area (TPSA) is 175 Å². The van der Waals surface area contributed by atoms with Crippen molar-refractivity contribution >= 4 is 56.8 Å². The van der Waals surface area contributed by atoms with Crippen molar-refractivity contribution < 1.29 is 33.0 Å². The van der Waals surface area contributed by atoms with Crippen LogP contribution in [0.15, 0.2) is 42.5 Å². The number of carbonyl (C=O) groups is 4. The molecule has 2 saturated heterocycles. The molecule has 0 saturated carbocycles. The maximum atomic E-state index is 15.5. The van der Waals surface area contributed by atoms with Crippen LogP contribution in [0.4, 0.5) is 14.0 Å². The molecule has 57 heavy (non-hydrogen) atoms. The number of H-pyrrole nitrogens is 2. The molecule has 14 nitrogen and oxygen atoms in total. The molecule has 0 bridgehead atoms. The summed E-state index contributed by atoms with van der Waals surface area (Å²) in [6.07, 6.45) is 1.61. The molecule has 3 aromatic carbocycles. The van der Waals surface area contributed by atoms with Gasteiger partial charge in [-0.1, -0.05) is 51.7 Å². The summed E-state index contributed by atoms with van der Waals surface area (Å²) in [5.41, 5.74) is 3.45. The van der Waals surface area contributed by atoms with E-state index >= 15 is 4.39 Å². The van der Waals surface area contributed by atoms with Crippen LogP contribution < -0.4 is 10.6 Å². The minimum absolute atomic E-state index is 0.135. The highest BCUT2D eigenvalue weighted by Crippen LogP contribution is 2.35. The van der Waals surface area contributed by atoms with Crippen molar-refractivity contribution in [3.8, 4) is 11.8 Å². The van der Waals surface area contributed by atoms with Crippen molar-refractivity contribution in [1.82, 2.24) is 40.4 Å². The second-order valence-electron chi connectivity index (χ2n) is 15.3. The molecule has 2 aromatic heterocycles. The third kappa shape index (κ3) is 7.81. The number of aromatic amines is 2. The van der Waals surface area contributed by atoms with Crippen LogP contribution in [-0.2, 0) is 19.1 Å². The number of methoxy groups -OCH3 is 2. The summed E-state index contributed by atoms with van der Waals surface area (Å²) < 4.78 is 25.0. The van der Waals surface area contributed by atoms with Gasteiger partial charge in [-0.2, -0.15) is 0 Å². The number of likely N-dealkylation sites (tertiary alicyclic amines) is 2. The molecule has 2 aliphatic rings. The van der Waals surface area contributed by atoms with E-state index in [1.165, 1.54) is 20.3 Å². The minimum atomic E-state index is -0.777. The van der Waals surface area contributed by atoms with Crippen molar-refractivity contribution in [1.29, 1.82) is 0 Å². The Hall–Kier alpha value is -6.17. The summed E-state index contributed by atoms with van der Waals surface area (Å²) in [5.74, 6) is 6.17. The van der Waals surface area contributed by atoms with Crippen molar-refractivity contribution in [3.63, 3.8) is 0 Å². The quantitative estimate of drug-likeness (QED) is 0.134. The van der Waals surface area contributed by atoms with Gasteiger partial charge in [0.05, 0.1) is 42.9 Å². The normalized spacial score (nSPS) is 17.9. The number of halogens is 1. The van der Waals surface area contributed by atoms with Crippen LogP contribution in [0.5, 0.6) is 0 Å². The molecule has 4 amide bonds. The molecule has 4 N–H and O–H groups in total. The highest BCUT2D eigenvalue weighted by Gasteiger charge is 2.39. The molecule has 0 radical (unpaired) electrons. The van der Waals surface area contributed by atoms with Crippen LogP contribution in [-0.4, -0.2) is 93.1 Å². The minimum Gasteiger partial charge on any atom is -0.453 e. The van der Waals surface area contributed by atoms with Gasteiger partial charge in [-0.3, -0.25) is 9.59 Å². The Labute approximate surface area is 329 Å². The molecule has 2 aliphatic heterocycles. The van der Waals surface area contributed by atoms with Crippen molar-refractivity contribution in [3.05, 3.63) is 71.1 Å². The van der Waals surface area contributed by atoms with Crippen LogP contribution in [0.25, 0.3) is 32.8 Å². The maximum Gasteiger partial charge on any atom is 0.407 e. The van der Waals surface area contributed by atoms with Crippen LogP contribution in [0, 0.1) is 29.5 Å². The summed E-state index contributed by atoms with van der Waals surface area (Å²) in [7, 11) is 2.53. The Morgan fingerprint density at radius 1 is 0.737 bits per heavy atom. The third-order valence-corrected chi connectivity index (χ3v) is 10.9. The lowest BCUT2D eigenvalue weighted by molar-refractivity contribution is -0.136. The Kier molecular flexibility index (Phi) is 11.1. The predicted octanol–water partition coefficient (Wildman–Crippen LogP) is 6.22. The first kappa shape index (κ1) is 39.1. The molecule has 4 atom stereocenters. The number of alkyl carbamates (subject to hydrolysis) is 2. The van der Waals surface area contributed by atoms with Crippen LogP contribution >= 0.6 is 0 Å². The third-order valence-electron chi connectivity index (χ3n) is 10.9. The Morgan fingerprint density at radius 2 is 1.28 bits per heavy atom. The van der Waals surface area contributed by atoms with E-state index < -0.39 is 36.1 Å². The average Bonchev–Trinajstić information content (AvgIpc) is 4.02. The fraction of sp³-hybridized carbons (Fsp3) is 0.429. The number of benzene rings is 3. The van der Waals surface area contributed by atoms with Gasteiger partial charge < -0.3 is 39.9 Å². The smallest absolute Gasteiger partial charge is 0.407 e. The van der Waals surface area contributed by atoms with E-state index in [0.29, 0.717) is 42.2 Å². The lowest BCUT2D eigenvalue weighted by Crippen LogP contribution is -2.51. The largest absolute Gasteiger partial charge is 0.453 e. The molecule has 298 valence electrons. The van der Waals surface area contributed by atoms with Gasteiger partial charge in [0, 0.05) is 29.6 Å². The van der Waals surface area contributed by atoms with E-state index in [1.807, 2.05) is 58.0 Å². The summed E-state index contributed by atoms with van der Waals surface area (Å²) in [6, 6.07) is 10.7. The highest BCUT2D eigenvalue weighted by molar-refractivity contribution is 6.04. The van der Waals surface area contributed by atoms with Crippen molar-refractivity contribution in [2.75, 3.05) is 27.3 Å². The Balaban J connectivity index is 1.10. The fourth-order valence-corrected chi connectivity index (χ4v) is 7.91. The zero-order valence-electron chi connectivity index (χ0n) is 32.9. The number of aromatic nitrogens is 4. The van der Waals surface area contributed by atoms with E-state index in [1.54, 1.807) is 15.9 Å². The van der Waals surface area contributed by atoms with E-state index in [0.717, 1.165) is 46.6 Å². The molecule has 5 aromatic rings. The summed E-state index contributed by atoms with van der Waals surface area (Å²) in [6.45, 7) is 8.52. The standard InChI is InChI=1S/C42H47FN8O6/c1-22(2)33(48-41(54)56-5)39(52)50-17-7-9-31(50)37-44-29-16-14-26-19-24(13-15-27(26)35(29)46-37)11-12-25-20-28(43)36-30(21-25)45-38(47-36)32-10-8-18-51(32)40(53)34(23(3)4)49-42(55)57-6/h13-16,19-23,31-34H,7-10,17-18H2,1-6H3,(H,44,46)(H,45,47)(H,48,54)(H,49,55)/t31-,32-,33-,34-/m0/s1. The van der Waals surface area contributed by atoms with Crippen molar-refractivity contribution in [2.45, 2.75) is 77.5 Å². The highest BCUT2D eigenvalue weighted by atomic mass is 19.1. The molecule has 15 heteroatoms. The first-order valence-corrected chi connectivity index (χ1v) is 19.3. The van der Waals surface area contributed by atoms with E-state index in [9.17, 15) is 19.2 Å². The molecule has 2 fully saturated rings. The van der Waals surface area contributed by atoms with E-state index in [-0.39, 0.29) is 35.2 Å². The first-order valence-electron chi connectivity index (χ1n) is 19.3. The number of carbonyl (C=O) groups excluding carboxylic acids is 4. The monoisotopic (exact) mass is 778 g/mol. The molecule has 4 heterocycles. The fourth-order valence-electron chi connectivity index (χ4n) is 7.91. The van der Waals surface area contributed by atoms with E-state index in [2.05, 4.69) is 37.4 Å².